The number of nitrogens with two attached hydrogens (primary N) is 1. The van der Waals surface area contributed by atoms with E-state index >= 15 is 0 Å². The van der Waals surface area contributed by atoms with Crippen LogP contribution in [0.1, 0.15) is 50.0 Å². The molecule has 1 aliphatic heterocycles. The van der Waals surface area contributed by atoms with E-state index in [1.165, 1.54) is 44.1 Å². The molecule has 1 heterocycles. The molecule has 4 saturated carbocycles. The van der Waals surface area contributed by atoms with E-state index in [0.717, 1.165) is 30.8 Å². The van der Waals surface area contributed by atoms with Crippen molar-refractivity contribution in [1.29, 1.82) is 0 Å². The summed E-state index contributed by atoms with van der Waals surface area (Å²) < 4.78 is 0. The highest BCUT2D eigenvalue weighted by atomic mass is 35.5. The number of carbonyl (C=O) groups is 1. The van der Waals surface area contributed by atoms with Crippen LogP contribution in [-0.4, -0.2) is 30.4 Å². The molecule has 0 spiro atoms. The zero-order valence-corrected chi connectivity index (χ0v) is 16.3. The average Bonchev–Trinajstić information content (AvgIpc) is 3.05. The van der Waals surface area contributed by atoms with Crippen LogP contribution in [0.2, 0.25) is 0 Å². The lowest BCUT2D eigenvalue weighted by molar-refractivity contribution is -0.156. The van der Waals surface area contributed by atoms with Crippen molar-refractivity contribution in [2.24, 2.45) is 34.8 Å². The van der Waals surface area contributed by atoms with Crippen molar-refractivity contribution in [2.45, 2.75) is 44.4 Å². The topological polar surface area (TPSA) is 46.3 Å². The number of hydrogen-bond donors (Lipinski definition) is 1. The lowest BCUT2D eigenvalue weighted by atomic mass is 9.49. The molecule has 26 heavy (non-hydrogen) atoms. The summed E-state index contributed by atoms with van der Waals surface area (Å²) in [4.78, 5) is 15.8. The number of hydrogen-bond acceptors (Lipinski definition) is 2. The average molecular weight is 375 g/mol. The van der Waals surface area contributed by atoms with Gasteiger partial charge in [0.1, 0.15) is 0 Å². The van der Waals surface area contributed by atoms with Gasteiger partial charge in [0.2, 0.25) is 5.91 Å². The quantitative estimate of drug-likeness (QED) is 0.874. The van der Waals surface area contributed by atoms with Crippen molar-refractivity contribution in [3.8, 4) is 0 Å². The molecule has 142 valence electrons. The third kappa shape index (κ3) is 2.88. The van der Waals surface area contributed by atoms with Crippen LogP contribution in [0.4, 0.5) is 0 Å². The molecule has 1 aromatic carbocycles. The molecule has 0 radical (unpaired) electrons. The second-order valence-electron chi connectivity index (χ2n) is 9.42. The maximum absolute atomic E-state index is 13.6. The third-order valence-corrected chi connectivity index (χ3v) is 7.75. The Bertz CT molecular complexity index is 626. The van der Waals surface area contributed by atoms with Gasteiger partial charge in [0.25, 0.3) is 0 Å². The predicted molar refractivity (Wildman–Crippen MR) is 106 cm³/mol. The molecule has 1 amide bonds. The third-order valence-electron chi connectivity index (χ3n) is 7.75. The van der Waals surface area contributed by atoms with Gasteiger partial charge in [-0.2, -0.15) is 0 Å². The van der Waals surface area contributed by atoms with Crippen molar-refractivity contribution in [1.82, 2.24) is 4.90 Å². The van der Waals surface area contributed by atoms with Crippen LogP contribution in [0.15, 0.2) is 30.3 Å². The molecule has 4 bridgehead atoms. The Morgan fingerprint density at radius 2 is 1.58 bits per heavy atom. The molecule has 5 fully saturated rings. The van der Waals surface area contributed by atoms with Gasteiger partial charge in [-0.1, -0.05) is 30.3 Å². The van der Waals surface area contributed by atoms with Crippen LogP contribution >= 0.6 is 12.4 Å². The summed E-state index contributed by atoms with van der Waals surface area (Å²) in [6, 6.07) is 10.7. The van der Waals surface area contributed by atoms with Gasteiger partial charge < -0.3 is 10.6 Å². The lowest BCUT2D eigenvalue weighted by Crippen LogP contribution is -2.54. The Kier molecular flexibility index (Phi) is 4.81. The Labute approximate surface area is 163 Å². The number of likely N-dealkylation sites (tertiary alicyclic amines) is 1. The second kappa shape index (κ2) is 6.83. The summed E-state index contributed by atoms with van der Waals surface area (Å²) in [5, 5.41) is 0. The fraction of sp³-hybridized carbons (Fsp3) is 0.682. The Balaban J connectivity index is 0.00000168. The maximum atomic E-state index is 13.6. The molecule has 2 N–H and O–H groups in total. The van der Waals surface area contributed by atoms with Gasteiger partial charge in [-0.15, -0.1) is 12.4 Å². The van der Waals surface area contributed by atoms with Crippen molar-refractivity contribution >= 4 is 18.3 Å². The zero-order chi connectivity index (χ0) is 17.0. The van der Waals surface area contributed by atoms with Crippen LogP contribution in [0.3, 0.4) is 0 Å². The van der Waals surface area contributed by atoms with Crippen LogP contribution in [0, 0.1) is 29.1 Å². The minimum absolute atomic E-state index is 0. The normalized spacial score (nSPS) is 40.5. The van der Waals surface area contributed by atoms with Gasteiger partial charge in [0, 0.05) is 19.0 Å². The highest BCUT2D eigenvalue weighted by Gasteiger charge is 2.56. The van der Waals surface area contributed by atoms with Gasteiger partial charge in [0.15, 0.2) is 0 Å². The van der Waals surface area contributed by atoms with Crippen molar-refractivity contribution in [3.63, 3.8) is 0 Å². The van der Waals surface area contributed by atoms with Gasteiger partial charge in [-0.25, -0.2) is 0 Å². The number of amides is 1. The highest BCUT2D eigenvalue weighted by molar-refractivity contribution is 5.85. The van der Waals surface area contributed by atoms with Crippen LogP contribution in [0.5, 0.6) is 0 Å². The Morgan fingerprint density at radius 3 is 2.12 bits per heavy atom. The zero-order valence-electron chi connectivity index (χ0n) is 15.5. The molecule has 6 rings (SSSR count). The molecule has 4 aliphatic carbocycles. The molecule has 1 saturated heterocycles. The van der Waals surface area contributed by atoms with Gasteiger partial charge in [-0.05, 0) is 74.3 Å². The van der Waals surface area contributed by atoms with E-state index < -0.39 is 0 Å². The van der Waals surface area contributed by atoms with E-state index in [9.17, 15) is 4.79 Å². The van der Waals surface area contributed by atoms with E-state index in [0.29, 0.717) is 24.3 Å². The summed E-state index contributed by atoms with van der Waals surface area (Å²) in [6.45, 7) is 2.40. The van der Waals surface area contributed by atoms with Crippen molar-refractivity contribution in [2.75, 3.05) is 19.6 Å². The largest absolute Gasteiger partial charge is 0.341 e. The maximum Gasteiger partial charge on any atom is 0.228 e. The summed E-state index contributed by atoms with van der Waals surface area (Å²) in [6.07, 6.45) is 7.67. The molecule has 3 nitrogen and oxygen atoms in total. The fourth-order valence-electron chi connectivity index (χ4n) is 7.06. The first-order valence-electron chi connectivity index (χ1n) is 10.2. The van der Waals surface area contributed by atoms with Crippen molar-refractivity contribution < 1.29 is 4.79 Å². The highest BCUT2D eigenvalue weighted by Crippen LogP contribution is 2.60. The van der Waals surface area contributed by atoms with Gasteiger partial charge >= 0.3 is 0 Å². The fourth-order valence-corrected chi connectivity index (χ4v) is 7.06. The Hall–Kier alpha value is -1.06. The summed E-state index contributed by atoms with van der Waals surface area (Å²) in [5.41, 5.74) is 7.42. The smallest absolute Gasteiger partial charge is 0.228 e. The molecule has 0 unspecified atom stereocenters. The predicted octanol–water partition coefficient (Wildman–Crippen LogP) is 3.83. The van der Waals surface area contributed by atoms with E-state index in [-0.39, 0.29) is 17.8 Å². The number of halogens is 1. The van der Waals surface area contributed by atoms with Crippen LogP contribution in [0.25, 0.3) is 0 Å². The molecule has 5 aliphatic rings. The summed E-state index contributed by atoms with van der Waals surface area (Å²) in [7, 11) is 0. The van der Waals surface area contributed by atoms with Crippen molar-refractivity contribution in [3.05, 3.63) is 35.9 Å². The minimum atomic E-state index is -0.0144. The van der Waals surface area contributed by atoms with E-state index in [1.807, 2.05) is 0 Å². The van der Waals surface area contributed by atoms with Gasteiger partial charge in [0.05, 0.1) is 5.41 Å². The SMILES string of the molecule is Cl.NC[C@@H]1CN(C(=O)C23CC4CC(CC(C4)C2)C3)C[C@H]1c1ccccc1. The summed E-state index contributed by atoms with van der Waals surface area (Å²) in [5.74, 6) is 3.77. The van der Waals surface area contributed by atoms with E-state index in [2.05, 4.69) is 35.2 Å². The summed E-state index contributed by atoms with van der Waals surface area (Å²) >= 11 is 0. The second-order valence-corrected chi connectivity index (χ2v) is 9.42. The van der Waals surface area contributed by atoms with Gasteiger partial charge in [-0.3, -0.25) is 4.79 Å². The molecular weight excluding hydrogens is 344 g/mol. The Morgan fingerprint density at radius 1 is 1.00 bits per heavy atom. The minimum Gasteiger partial charge on any atom is -0.341 e. The number of nitrogens with zero attached hydrogens (tertiary/aromatic N) is 1. The van der Waals surface area contributed by atoms with E-state index in [4.69, 9.17) is 5.73 Å². The van der Waals surface area contributed by atoms with Crippen LogP contribution < -0.4 is 5.73 Å². The molecule has 0 aromatic heterocycles. The lowest BCUT2D eigenvalue weighted by Gasteiger charge is -2.56. The number of carbonyl (C=O) groups excluding carboxylic acids is 1. The first-order chi connectivity index (χ1) is 12.2. The monoisotopic (exact) mass is 374 g/mol. The first-order valence-corrected chi connectivity index (χ1v) is 10.2. The first kappa shape index (κ1) is 18.3. The molecular formula is C22H31ClN2O. The standard InChI is InChI=1S/C22H30N2O.ClH/c23-12-19-13-24(14-20(19)18-4-2-1-3-5-18)21(25)22-9-15-6-16(10-22)8-17(7-15)11-22;/h1-5,15-17,19-20H,6-14,23H2;1H/t15?,16?,17?,19-,20+,22?;/m1./s1. The number of rotatable bonds is 3. The molecule has 2 atom stereocenters. The van der Waals surface area contributed by atoms with E-state index in [1.54, 1.807) is 0 Å². The number of benzene rings is 1. The van der Waals surface area contributed by atoms with Crippen LogP contribution in [-0.2, 0) is 4.79 Å². The molecule has 1 aromatic rings. The molecule has 4 heteroatoms.